The van der Waals surface area contributed by atoms with Crippen LogP contribution in [0.4, 0.5) is 0 Å². The summed E-state index contributed by atoms with van der Waals surface area (Å²) in [5.74, 6) is 0.343. The summed E-state index contributed by atoms with van der Waals surface area (Å²) in [4.78, 5) is 17.8. The topological polar surface area (TPSA) is 17.1 Å². The number of carbonyl (C=O) groups excluding carboxylic acids is 1. The molecule has 2 heteroatoms. The number of Topliss-reactive ketones (excluding diaryl/α,β-unsaturated/α-hetero) is 1. The van der Waals surface area contributed by atoms with Crippen LogP contribution in [0.25, 0.3) is 0 Å². The fourth-order valence-electron chi connectivity index (χ4n) is 0.868. The van der Waals surface area contributed by atoms with Gasteiger partial charge >= 0.3 is 68.0 Å². The molecule has 0 unspecified atom stereocenters. The second kappa shape index (κ2) is 4.37. The second-order valence-corrected chi connectivity index (χ2v) is 20.2. The molecule has 0 aliphatic heterocycles. The molecule has 0 aromatic heterocycles. The van der Waals surface area contributed by atoms with E-state index in [9.17, 15) is 4.79 Å². The van der Waals surface area contributed by atoms with Crippen molar-refractivity contribution >= 4 is 24.2 Å². The molecular weight excluding hydrogens is 231 g/mol. The zero-order valence-corrected chi connectivity index (χ0v) is 10.4. The molecule has 0 aliphatic carbocycles. The quantitative estimate of drug-likeness (QED) is 0.700. The molecule has 60 valence electrons. The van der Waals surface area contributed by atoms with Crippen LogP contribution in [-0.4, -0.2) is 24.2 Å². The molecule has 1 nitrogen and oxygen atoms in total. The molecule has 0 spiro atoms. The standard InChI is InChI=1S/C5H9O.3CH3.Sn/c1-3-4-5(2)6;;;;/h1,3-4H2,2H3;3*1H3;. The normalized spacial score (nSPS) is 11.6. The molecule has 0 saturated carbocycles. The van der Waals surface area contributed by atoms with Crippen LogP contribution in [0.2, 0.25) is 19.3 Å². The SMILES string of the molecule is CC(=O)CC[CH2][Sn]([CH3])([CH3])[CH3]. The molecule has 0 heterocycles. The molecule has 0 rings (SSSR count). The fourth-order valence-corrected chi connectivity index (χ4v) is 4.40. The van der Waals surface area contributed by atoms with E-state index in [1.54, 1.807) is 6.92 Å². The minimum absolute atomic E-state index is 0.343. The zero-order valence-electron chi connectivity index (χ0n) is 7.53. The first kappa shape index (κ1) is 10.5. The fraction of sp³-hybridized carbons (Fsp3) is 0.875. The molecular formula is C8H18OSn. The van der Waals surface area contributed by atoms with E-state index in [4.69, 9.17) is 0 Å². The molecule has 0 saturated heterocycles. The Labute approximate surface area is 68.1 Å². The van der Waals surface area contributed by atoms with Gasteiger partial charge in [0, 0.05) is 0 Å². The number of ketones is 1. The number of carbonyl (C=O) groups is 1. The third kappa shape index (κ3) is 8.47. The van der Waals surface area contributed by atoms with Gasteiger partial charge in [-0.05, 0) is 0 Å². The average Bonchev–Trinajstić information content (AvgIpc) is 1.59. The van der Waals surface area contributed by atoms with Gasteiger partial charge in [0.15, 0.2) is 0 Å². The van der Waals surface area contributed by atoms with Gasteiger partial charge in [-0.1, -0.05) is 0 Å². The van der Waals surface area contributed by atoms with Crippen molar-refractivity contribution in [2.45, 2.75) is 39.0 Å². The van der Waals surface area contributed by atoms with Crippen molar-refractivity contribution in [3.63, 3.8) is 0 Å². The monoisotopic (exact) mass is 250 g/mol. The van der Waals surface area contributed by atoms with Gasteiger partial charge < -0.3 is 0 Å². The summed E-state index contributed by atoms with van der Waals surface area (Å²) in [6.07, 6.45) is 1.93. The summed E-state index contributed by atoms with van der Waals surface area (Å²) in [5, 5.41) is 0. The summed E-state index contributed by atoms with van der Waals surface area (Å²) in [7, 11) is 0. The van der Waals surface area contributed by atoms with Gasteiger partial charge in [-0.2, -0.15) is 0 Å². The van der Waals surface area contributed by atoms with Crippen molar-refractivity contribution in [1.29, 1.82) is 0 Å². The Morgan fingerprint density at radius 3 is 2.10 bits per heavy atom. The third-order valence-electron chi connectivity index (χ3n) is 1.46. The molecule has 0 fully saturated rings. The molecule has 0 aromatic carbocycles. The van der Waals surface area contributed by atoms with E-state index in [0.717, 1.165) is 12.8 Å². The number of hydrogen-bond donors (Lipinski definition) is 0. The van der Waals surface area contributed by atoms with Crippen molar-refractivity contribution in [1.82, 2.24) is 0 Å². The van der Waals surface area contributed by atoms with Gasteiger partial charge in [-0.25, -0.2) is 0 Å². The van der Waals surface area contributed by atoms with Gasteiger partial charge in [-0.3, -0.25) is 0 Å². The van der Waals surface area contributed by atoms with E-state index in [1.807, 2.05) is 0 Å². The van der Waals surface area contributed by atoms with E-state index in [1.165, 1.54) is 4.44 Å². The Morgan fingerprint density at radius 2 is 1.80 bits per heavy atom. The van der Waals surface area contributed by atoms with Gasteiger partial charge in [0.1, 0.15) is 0 Å². The van der Waals surface area contributed by atoms with Crippen LogP contribution in [0.3, 0.4) is 0 Å². The van der Waals surface area contributed by atoms with E-state index < -0.39 is 18.4 Å². The van der Waals surface area contributed by atoms with Crippen molar-refractivity contribution in [2.75, 3.05) is 0 Å². The summed E-state index contributed by atoms with van der Waals surface area (Å²) in [5.41, 5.74) is 0. The first-order valence-corrected chi connectivity index (χ1v) is 14.5. The van der Waals surface area contributed by atoms with Crippen LogP contribution < -0.4 is 0 Å². The van der Waals surface area contributed by atoms with E-state index >= 15 is 0 Å². The first-order valence-electron chi connectivity index (χ1n) is 3.91. The molecule has 0 N–H and O–H groups in total. The van der Waals surface area contributed by atoms with Crippen molar-refractivity contribution in [3.8, 4) is 0 Å². The minimum atomic E-state index is -1.52. The Morgan fingerprint density at radius 1 is 1.30 bits per heavy atom. The maximum absolute atomic E-state index is 10.6. The molecule has 0 atom stereocenters. The Bertz CT molecular complexity index is 113. The van der Waals surface area contributed by atoms with Crippen LogP contribution in [-0.2, 0) is 4.79 Å². The maximum atomic E-state index is 10.6. The van der Waals surface area contributed by atoms with Crippen molar-refractivity contribution in [3.05, 3.63) is 0 Å². The first-order chi connectivity index (χ1) is 4.42. The number of rotatable bonds is 4. The van der Waals surface area contributed by atoms with Crippen LogP contribution in [0.1, 0.15) is 19.8 Å². The molecule has 10 heavy (non-hydrogen) atoms. The van der Waals surface area contributed by atoms with Gasteiger partial charge in [0.2, 0.25) is 0 Å². The second-order valence-electron chi connectivity index (χ2n) is 4.12. The van der Waals surface area contributed by atoms with Crippen molar-refractivity contribution < 1.29 is 4.79 Å². The van der Waals surface area contributed by atoms with Crippen LogP contribution in [0.5, 0.6) is 0 Å². The molecule has 0 radical (unpaired) electrons. The van der Waals surface area contributed by atoms with E-state index in [2.05, 4.69) is 14.8 Å². The Kier molecular flexibility index (Phi) is 4.57. The predicted octanol–water partition coefficient (Wildman–Crippen LogP) is 2.69. The van der Waals surface area contributed by atoms with Crippen LogP contribution >= 0.6 is 0 Å². The average molecular weight is 249 g/mol. The van der Waals surface area contributed by atoms with Gasteiger partial charge in [0.05, 0.1) is 0 Å². The Hall–Kier alpha value is 0.469. The van der Waals surface area contributed by atoms with Gasteiger partial charge in [-0.15, -0.1) is 0 Å². The van der Waals surface area contributed by atoms with Crippen LogP contribution in [0, 0.1) is 0 Å². The molecule has 0 aromatic rings. The third-order valence-corrected chi connectivity index (χ3v) is 6.75. The van der Waals surface area contributed by atoms with Crippen molar-refractivity contribution in [2.24, 2.45) is 0 Å². The number of hydrogen-bond acceptors (Lipinski definition) is 1. The van der Waals surface area contributed by atoms with E-state index in [-0.39, 0.29) is 0 Å². The summed E-state index contributed by atoms with van der Waals surface area (Å²) in [6.45, 7) is 1.68. The summed E-state index contributed by atoms with van der Waals surface area (Å²) < 4.78 is 1.36. The summed E-state index contributed by atoms with van der Waals surface area (Å²) >= 11 is -1.52. The predicted molar refractivity (Wildman–Crippen MR) is 48.1 cm³/mol. The zero-order chi connectivity index (χ0) is 8.20. The summed E-state index contributed by atoms with van der Waals surface area (Å²) in [6, 6.07) is 0. The molecule has 0 aliphatic rings. The molecule has 0 amide bonds. The van der Waals surface area contributed by atoms with E-state index in [0.29, 0.717) is 5.78 Å². The van der Waals surface area contributed by atoms with Crippen LogP contribution in [0.15, 0.2) is 0 Å². The Balaban J connectivity index is 3.29. The van der Waals surface area contributed by atoms with Gasteiger partial charge in [0.25, 0.3) is 0 Å². The molecule has 0 bridgehead atoms.